The van der Waals surface area contributed by atoms with E-state index < -0.39 is 6.71 Å². The molecule has 0 aliphatic carbocycles. The van der Waals surface area contributed by atoms with Crippen molar-refractivity contribution in [3.8, 4) is 123 Å². The molecule has 25 rings (SSSR count). The number of para-hydroxylation sites is 2. The third kappa shape index (κ3) is 15.0. The zero-order valence-electron chi connectivity index (χ0n) is 82.4. The van der Waals surface area contributed by atoms with Crippen molar-refractivity contribution in [1.82, 2.24) is 9.13 Å². The van der Waals surface area contributed by atoms with Gasteiger partial charge < -0.3 is 23.4 Å². The normalized spacial score (nSPS) is 12.7. The molecule has 0 unspecified atom stereocenters. The van der Waals surface area contributed by atoms with Gasteiger partial charge in [-0.15, -0.1) is 0 Å². The van der Waals surface area contributed by atoms with Crippen molar-refractivity contribution in [1.29, 1.82) is 0 Å². The van der Waals surface area contributed by atoms with Gasteiger partial charge in [-0.25, -0.2) is 0 Å². The summed E-state index contributed by atoms with van der Waals surface area (Å²) in [4.78, 5) is 5.54. The second-order valence-corrected chi connectivity index (χ2v) is 43.2. The molecule has 142 heavy (non-hydrogen) atoms. The molecule has 0 N–H and O–H groups in total. The molecule has 2 aliphatic heterocycles. The molecule has 0 atom stereocenters. The molecule has 0 fully saturated rings. The Hall–Kier alpha value is -16.5. The Labute approximate surface area is 832 Å². The maximum absolute atomic E-state index is 6.88. The van der Waals surface area contributed by atoms with Gasteiger partial charge in [0.1, 0.15) is 11.2 Å². The Bertz CT molecular complexity index is 8910. The summed E-state index contributed by atoms with van der Waals surface area (Å²) in [5, 5.41) is 6.96. The molecule has 0 amide bonds. The van der Waals surface area contributed by atoms with Crippen LogP contribution in [0.15, 0.2) is 447 Å². The Morgan fingerprint density at radius 3 is 0.930 bits per heavy atom. The minimum Gasteiger partial charge on any atom is -0.456 e. The lowest BCUT2D eigenvalue weighted by molar-refractivity contribution is 0.590. The minimum atomic E-state index is -0.399. The smallest absolute Gasteiger partial charge is 0.252 e. The lowest BCUT2D eigenvalue weighted by Crippen LogP contribution is -2.61. The van der Waals surface area contributed by atoms with Crippen LogP contribution in [0.25, 0.3) is 188 Å². The van der Waals surface area contributed by atoms with Crippen LogP contribution in [0.4, 0.5) is 34.1 Å². The van der Waals surface area contributed by atoms with Gasteiger partial charge in [-0.2, -0.15) is 0 Å². The molecule has 0 radical (unpaired) electrons. The van der Waals surface area contributed by atoms with Crippen LogP contribution in [0, 0.1) is 0 Å². The van der Waals surface area contributed by atoms with Gasteiger partial charge in [0.15, 0.2) is 0 Å². The Morgan fingerprint density at radius 1 is 0.190 bits per heavy atom. The first-order chi connectivity index (χ1) is 68.9. The molecule has 5 nitrogen and oxygen atoms in total. The van der Waals surface area contributed by atoms with Crippen LogP contribution < -0.4 is 26.2 Å². The summed E-state index contributed by atoms with van der Waals surface area (Å²) in [6.07, 6.45) is 0. The van der Waals surface area contributed by atoms with Crippen molar-refractivity contribution >= 4 is 123 Å². The second-order valence-electron chi connectivity index (χ2n) is 43.2. The molecule has 682 valence electrons. The van der Waals surface area contributed by atoms with E-state index in [1.54, 1.807) is 0 Å². The van der Waals surface area contributed by atoms with E-state index in [1.807, 2.05) is 0 Å². The zero-order valence-corrected chi connectivity index (χ0v) is 82.4. The summed E-state index contributed by atoms with van der Waals surface area (Å²) in [5.74, 6) is 0. The van der Waals surface area contributed by atoms with Crippen LogP contribution in [-0.4, -0.2) is 15.8 Å². The topological polar surface area (TPSA) is 29.5 Å². The molecule has 3 aromatic heterocycles. The van der Waals surface area contributed by atoms with Gasteiger partial charge in [0.05, 0.1) is 33.4 Å². The molecule has 5 heterocycles. The monoisotopic (exact) mass is 1820 g/mol. The average molecular weight is 1830 g/mol. The van der Waals surface area contributed by atoms with Crippen LogP contribution in [0.3, 0.4) is 0 Å². The summed E-state index contributed by atoms with van der Waals surface area (Å²) in [6, 6.07) is 169. The van der Waals surface area contributed by atoms with Gasteiger partial charge in [0, 0.05) is 88.7 Å². The number of furan rings is 1. The maximum atomic E-state index is 6.88. The SMILES string of the molecule is CC(C)(C)c1cc(-c2ccccc2)c(N2c3cc(-n4c5ccccc5c5cc(-c6ccccc6)ccc54)ccc3B3c4ccc(-n5c6ccc(C(C)(C)C)cc6c6cc(C(C)(C)C)ccc65)cc4N(c4c(-c5ccccc5)cc(C(C)(C)C)cc4-c4cccc(-c5cccc(-c6ccccc6)c5)c4)c4cc(-c5ccc6oc7ccccc7c6c5)cc2c43)c(-c2cccc(-c3cccc(-c4ccccc4)c3)c2)c1. The van der Waals surface area contributed by atoms with Crippen molar-refractivity contribution in [2.24, 2.45) is 0 Å². The van der Waals surface area contributed by atoms with Gasteiger partial charge in [0.2, 0.25) is 0 Å². The number of hydrogen-bond acceptors (Lipinski definition) is 3. The average Bonchev–Trinajstić information content (AvgIpc) is 0.810. The number of hydrogen-bond donors (Lipinski definition) is 0. The largest absolute Gasteiger partial charge is 0.456 e. The number of anilines is 6. The first-order valence-electron chi connectivity index (χ1n) is 50.1. The van der Waals surface area contributed by atoms with Crippen molar-refractivity contribution in [2.75, 3.05) is 9.80 Å². The molecule has 6 heteroatoms. The predicted octanol–water partition coefficient (Wildman–Crippen LogP) is 35.7. The van der Waals surface area contributed by atoms with Gasteiger partial charge in [-0.05, 0) is 295 Å². The first kappa shape index (κ1) is 87.0. The lowest BCUT2D eigenvalue weighted by atomic mass is 9.33. The molecule has 20 aromatic carbocycles. The molecule has 0 bridgehead atoms. The van der Waals surface area contributed by atoms with Crippen molar-refractivity contribution in [3.63, 3.8) is 0 Å². The zero-order chi connectivity index (χ0) is 96.3. The van der Waals surface area contributed by atoms with Crippen LogP contribution in [-0.2, 0) is 21.7 Å². The quantitative estimate of drug-likeness (QED) is 0.102. The fraction of sp³-hybridized carbons (Fsp3) is 0.118. The first-order valence-corrected chi connectivity index (χ1v) is 50.1. The molecule has 23 aromatic rings. The highest BCUT2D eigenvalue weighted by molar-refractivity contribution is 7.00. The highest BCUT2D eigenvalue weighted by atomic mass is 16.3. The van der Waals surface area contributed by atoms with E-state index >= 15 is 0 Å². The summed E-state index contributed by atoms with van der Waals surface area (Å²) < 4.78 is 12.0. The molecule has 0 saturated heterocycles. The van der Waals surface area contributed by atoms with Gasteiger partial charge in [-0.3, -0.25) is 0 Å². The van der Waals surface area contributed by atoms with Crippen LogP contribution in [0.2, 0.25) is 0 Å². The highest BCUT2D eigenvalue weighted by Gasteiger charge is 2.47. The van der Waals surface area contributed by atoms with E-state index in [0.717, 1.165) is 167 Å². The highest BCUT2D eigenvalue weighted by Crippen LogP contribution is 2.58. The standard InChI is InChI=1S/C136H109BN4O/c1-133(2,3)102-60-67-122-115(78-102)116-79-103(134(4,5)6)61-68-123(116)139(122)107-63-65-119-125(85-107)141(132-111(90-44-26-17-27-45-90)81-105(136(10,11)12)83-113(132)100-53-35-51-96(73-100)94-49-33-47-92(71-94)87-38-20-14-21-39-87)127-77-101(98-59-69-129-117(75-98)109-55-29-31-57-128(109)142-129)76-126-130(127)137(119)118-64-62-106(138-120-56-30-28-54-108(120)114-74-97(58-66-121(114)138)88-40-22-15-23-41-88)84-124(118)140(126)131-110(89-42-24-16-25-43-89)80-104(135(7,8)9)82-112(131)99-52-34-50-95(72-99)93-48-32-46-91(70-93)86-36-18-13-19-37-86/h13-85H,1-12H3. The molecule has 2 aliphatic rings. The van der Waals surface area contributed by atoms with Crippen molar-refractivity contribution in [2.45, 2.75) is 105 Å². The third-order valence-corrected chi connectivity index (χ3v) is 30.1. The van der Waals surface area contributed by atoms with E-state index in [4.69, 9.17) is 4.42 Å². The van der Waals surface area contributed by atoms with Crippen molar-refractivity contribution in [3.05, 3.63) is 465 Å². The molecular weight excluding hydrogens is 1720 g/mol. The third-order valence-electron chi connectivity index (χ3n) is 30.1. The summed E-state index contributed by atoms with van der Waals surface area (Å²) in [5.41, 5.74) is 44.9. The second kappa shape index (κ2) is 33.6. The fourth-order valence-electron chi connectivity index (χ4n) is 22.6. The summed E-state index contributed by atoms with van der Waals surface area (Å²) in [7, 11) is 0. The summed E-state index contributed by atoms with van der Waals surface area (Å²) in [6.45, 7) is 27.9. The lowest BCUT2D eigenvalue weighted by Gasteiger charge is -2.46. The minimum absolute atomic E-state index is 0.118. The van der Waals surface area contributed by atoms with E-state index in [0.29, 0.717) is 0 Å². The Kier molecular flexibility index (Phi) is 20.6. The van der Waals surface area contributed by atoms with E-state index in [2.05, 4.69) is 545 Å². The van der Waals surface area contributed by atoms with E-state index in [-0.39, 0.29) is 21.7 Å². The van der Waals surface area contributed by atoms with Gasteiger partial charge in [-0.1, -0.05) is 380 Å². The van der Waals surface area contributed by atoms with Crippen LogP contribution in [0.5, 0.6) is 0 Å². The number of fused-ring (bicyclic) bond motifs is 13. The summed E-state index contributed by atoms with van der Waals surface area (Å²) >= 11 is 0. The predicted molar refractivity (Wildman–Crippen MR) is 606 cm³/mol. The number of rotatable bonds is 14. The van der Waals surface area contributed by atoms with E-state index in [1.165, 1.54) is 93.6 Å². The Balaban J connectivity index is 0.856. The molecule has 0 saturated carbocycles. The van der Waals surface area contributed by atoms with Gasteiger partial charge in [0.25, 0.3) is 6.71 Å². The van der Waals surface area contributed by atoms with E-state index in [9.17, 15) is 0 Å². The number of nitrogens with zero attached hydrogens (tertiary/aromatic N) is 4. The van der Waals surface area contributed by atoms with Crippen LogP contribution in [0.1, 0.15) is 105 Å². The van der Waals surface area contributed by atoms with Gasteiger partial charge >= 0.3 is 0 Å². The molecular formula is C136H109BN4O. The number of benzene rings is 20. The number of aromatic nitrogens is 2. The fourth-order valence-corrected chi connectivity index (χ4v) is 22.6. The van der Waals surface area contributed by atoms with Crippen molar-refractivity contribution < 1.29 is 4.42 Å². The molecule has 0 spiro atoms. The Morgan fingerprint density at radius 2 is 0.500 bits per heavy atom. The maximum Gasteiger partial charge on any atom is 0.252 e. The van der Waals surface area contributed by atoms with Crippen LogP contribution >= 0.6 is 0 Å².